The molecule has 0 radical (unpaired) electrons. The first-order valence-corrected chi connectivity index (χ1v) is 11.3. The predicted molar refractivity (Wildman–Crippen MR) is 100 cm³/mol. The Kier molecular flexibility index (Phi) is 7.48. The number of benzene rings is 1. The highest BCUT2D eigenvalue weighted by molar-refractivity contribution is 7.98. The number of carbonyl (C=O) groups is 2. The average molecular weight is 401 g/mol. The third kappa shape index (κ3) is 6.30. The third-order valence-electron chi connectivity index (χ3n) is 3.83. The minimum absolute atomic E-state index is 0.0708. The summed E-state index contributed by atoms with van der Waals surface area (Å²) in [6.45, 7) is 1.48. The zero-order valence-corrected chi connectivity index (χ0v) is 16.4. The molecule has 7 nitrogen and oxygen atoms in total. The second-order valence-electron chi connectivity index (χ2n) is 6.13. The van der Waals surface area contributed by atoms with Crippen molar-refractivity contribution in [3.63, 3.8) is 0 Å². The quantitative estimate of drug-likeness (QED) is 0.574. The fourth-order valence-corrected chi connectivity index (χ4v) is 3.88. The van der Waals surface area contributed by atoms with Crippen LogP contribution < -0.4 is 10.0 Å². The highest BCUT2D eigenvalue weighted by atomic mass is 32.2. The topological polar surface area (TPSA) is 102 Å². The molecule has 1 aliphatic carbocycles. The Morgan fingerprint density at radius 3 is 2.50 bits per heavy atom. The van der Waals surface area contributed by atoms with Gasteiger partial charge in [0, 0.05) is 6.04 Å². The number of rotatable bonds is 10. The van der Waals surface area contributed by atoms with Crippen LogP contribution in [0, 0.1) is 0 Å². The molecule has 2 atom stereocenters. The van der Waals surface area contributed by atoms with E-state index in [2.05, 4.69) is 10.0 Å². The van der Waals surface area contributed by atoms with Gasteiger partial charge in [0.25, 0.3) is 5.91 Å². The maximum Gasteiger partial charge on any atom is 0.324 e. The van der Waals surface area contributed by atoms with Crippen LogP contribution in [0.25, 0.3) is 0 Å². The van der Waals surface area contributed by atoms with Gasteiger partial charge in [-0.2, -0.15) is 16.5 Å². The van der Waals surface area contributed by atoms with Gasteiger partial charge in [0.05, 0.1) is 4.90 Å². The monoisotopic (exact) mass is 400 g/mol. The van der Waals surface area contributed by atoms with Crippen molar-refractivity contribution in [3.8, 4) is 0 Å². The van der Waals surface area contributed by atoms with Crippen LogP contribution in [0.5, 0.6) is 0 Å². The molecule has 0 unspecified atom stereocenters. The lowest BCUT2D eigenvalue weighted by atomic mass is 10.2. The van der Waals surface area contributed by atoms with E-state index in [9.17, 15) is 18.0 Å². The van der Waals surface area contributed by atoms with Crippen LogP contribution in [-0.2, 0) is 24.3 Å². The van der Waals surface area contributed by atoms with Crippen molar-refractivity contribution in [2.75, 3.05) is 12.0 Å². The van der Waals surface area contributed by atoms with E-state index in [4.69, 9.17) is 4.74 Å². The van der Waals surface area contributed by atoms with E-state index < -0.39 is 28.1 Å². The summed E-state index contributed by atoms with van der Waals surface area (Å²) >= 11 is 1.49. The van der Waals surface area contributed by atoms with E-state index in [0.717, 1.165) is 12.8 Å². The summed E-state index contributed by atoms with van der Waals surface area (Å²) < 4.78 is 32.5. The molecule has 0 spiro atoms. The number of hydrogen-bond acceptors (Lipinski definition) is 6. The molecule has 1 saturated carbocycles. The molecule has 9 heteroatoms. The first kappa shape index (κ1) is 20.7. The zero-order chi connectivity index (χ0) is 19.2. The van der Waals surface area contributed by atoms with Gasteiger partial charge in [0.2, 0.25) is 10.0 Å². The molecule has 2 rings (SSSR count). The van der Waals surface area contributed by atoms with Gasteiger partial charge in [0.1, 0.15) is 6.04 Å². The standard InChI is InChI=1S/C17H24N2O5S2/c1-12(16(20)18-13-8-9-13)24-17(21)15(10-11-25-2)19-26(22,23)14-6-4-3-5-7-14/h3-7,12-13,15,19H,8-11H2,1-2H3,(H,18,20)/t12-,15-/m0/s1. The largest absolute Gasteiger partial charge is 0.451 e. The summed E-state index contributed by atoms with van der Waals surface area (Å²) in [5.74, 6) is -0.549. The molecule has 0 bridgehead atoms. The number of ether oxygens (including phenoxy) is 1. The van der Waals surface area contributed by atoms with Crippen molar-refractivity contribution in [3.05, 3.63) is 30.3 Å². The molecule has 26 heavy (non-hydrogen) atoms. The Morgan fingerprint density at radius 2 is 1.92 bits per heavy atom. The van der Waals surface area contributed by atoms with E-state index in [1.807, 2.05) is 6.26 Å². The molecule has 0 aliphatic heterocycles. The van der Waals surface area contributed by atoms with Gasteiger partial charge in [-0.1, -0.05) is 18.2 Å². The van der Waals surface area contributed by atoms with Crippen LogP contribution >= 0.6 is 11.8 Å². The van der Waals surface area contributed by atoms with Crippen molar-refractivity contribution in [1.82, 2.24) is 10.0 Å². The maximum absolute atomic E-state index is 12.5. The second kappa shape index (κ2) is 9.38. The maximum atomic E-state index is 12.5. The number of sulfonamides is 1. The van der Waals surface area contributed by atoms with Crippen LogP contribution in [-0.4, -0.2) is 50.5 Å². The summed E-state index contributed by atoms with van der Waals surface area (Å²) in [4.78, 5) is 24.4. The Balaban J connectivity index is 2.02. The van der Waals surface area contributed by atoms with Crippen molar-refractivity contribution in [2.24, 2.45) is 0 Å². The molecule has 0 aromatic heterocycles. The molecule has 2 N–H and O–H groups in total. The first-order chi connectivity index (χ1) is 12.3. The van der Waals surface area contributed by atoms with Crippen molar-refractivity contribution in [1.29, 1.82) is 0 Å². The SMILES string of the molecule is CSCC[C@H](NS(=O)(=O)c1ccccc1)C(=O)O[C@@H](C)C(=O)NC1CC1. The fraction of sp³-hybridized carbons (Fsp3) is 0.529. The molecule has 0 saturated heterocycles. The number of nitrogens with one attached hydrogen (secondary N) is 2. The molecule has 1 aromatic rings. The highest BCUT2D eigenvalue weighted by Gasteiger charge is 2.31. The van der Waals surface area contributed by atoms with E-state index in [-0.39, 0.29) is 23.3 Å². The summed E-state index contributed by atoms with van der Waals surface area (Å²) in [6.07, 6.45) is 3.02. The van der Waals surface area contributed by atoms with Crippen molar-refractivity contribution in [2.45, 2.75) is 49.3 Å². The van der Waals surface area contributed by atoms with Crippen molar-refractivity contribution >= 4 is 33.7 Å². The lowest BCUT2D eigenvalue weighted by Gasteiger charge is -2.20. The van der Waals surface area contributed by atoms with Crippen LogP contribution in [0.4, 0.5) is 0 Å². The number of hydrogen-bond donors (Lipinski definition) is 2. The average Bonchev–Trinajstić information content (AvgIpc) is 3.43. The molecule has 144 valence electrons. The van der Waals surface area contributed by atoms with Crippen LogP contribution in [0.15, 0.2) is 35.2 Å². The van der Waals surface area contributed by atoms with Gasteiger partial charge < -0.3 is 10.1 Å². The summed E-state index contributed by atoms with van der Waals surface area (Å²) in [5.41, 5.74) is 0. The Bertz CT molecular complexity index is 720. The number of amides is 1. The third-order valence-corrected chi connectivity index (χ3v) is 5.96. The number of carbonyl (C=O) groups excluding carboxylic acids is 2. The smallest absolute Gasteiger partial charge is 0.324 e. The predicted octanol–water partition coefficient (Wildman–Crippen LogP) is 1.30. The van der Waals surface area contributed by atoms with E-state index >= 15 is 0 Å². The number of thioether (sulfide) groups is 1. The summed E-state index contributed by atoms with van der Waals surface area (Å²) in [6, 6.07) is 6.92. The minimum atomic E-state index is -3.86. The van der Waals surface area contributed by atoms with Gasteiger partial charge in [-0.15, -0.1) is 0 Å². The molecule has 1 amide bonds. The Morgan fingerprint density at radius 1 is 1.27 bits per heavy atom. The molecule has 1 aromatic carbocycles. The Labute approximate surface area is 158 Å². The van der Waals surface area contributed by atoms with Crippen LogP contribution in [0.3, 0.4) is 0 Å². The van der Waals surface area contributed by atoms with E-state index in [0.29, 0.717) is 5.75 Å². The minimum Gasteiger partial charge on any atom is -0.451 e. The second-order valence-corrected chi connectivity index (χ2v) is 8.83. The van der Waals surface area contributed by atoms with E-state index in [1.165, 1.54) is 30.8 Å². The lowest BCUT2D eigenvalue weighted by molar-refractivity contribution is -0.156. The summed E-state index contributed by atoms with van der Waals surface area (Å²) in [7, 11) is -3.86. The van der Waals surface area contributed by atoms with Crippen molar-refractivity contribution < 1.29 is 22.7 Å². The van der Waals surface area contributed by atoms with E-state index in [1.54, 1.807) is 18.2 Å². The van der Waals surface area contributed by atoms with Gasteiger partial charge in [-0.3, -0.25) is 9.59 Å². The Hall–Kier alpha value is -1.58. The molecule has 1 fully saturated rings. The van der Waals surface area contributed by atoms with Gasteiger partial charge in [-0.05, 0) is 50.3 Å². The first-order valence-electron chi connectivity index (χ1n) is 8.40. The molecule has 1 aliphatic rings. The van der Waals surface area contributed by atoms with Gasteiger partial charge >= 0.3 is 5.97 Å². The number of esters is 1. The van der Waals surface area contributed by atoms with Crippen LogP contribution in [0.1, 0.15) is 26.2 Å². The summed E-state index contributed by atoms with van der Waals surface area (Å²) in [5, 5.41) is 2.76. The normalized spacial score (nSPS) is 16.5. The van der Waals surface area contributed by atoms with Gasteiger partial charge in [0.15, 0.2) is 6.10 Å². The van der Waals surface area contributed by atoms with Gasteiger partial charge in [-0.25, -0.2) is 8.42 Å². The molecular weight excluding hydrogens is 376 g/mol. The molecule has 0 heterocycles. The highest BCUT2D eigenvalue weighted by Crippen LogP contribution is 2.19. The van der Waals surface area contributed by atoms with Crippen LogP contribution in [0.2, 0.25) is 0 Å². The fourth-order valence-electron chi connectivity index (χ4n) is 2.17. The lowest BCUT2D eigenvalue weighted by Crippen LogP contribution is -2.45. The zero-order valence-electron chi connectivity index (χ0n) is 14.8. The molecular formula is C17H24N2O5S2.